The first-order chi connectivity index (χ1) is 15.1. The molecule has 0 spiro atoms. The molecule has 210 valence electrons. The summed E-state index contributed by atoms with van der Waals surface area (Å²) in [7, 11) is -32.5. The maximum Gasteiger partial charge on any atom is 0.620 e. The van der Waals surface area contributed by atoms with E-state index in [1.54, 1.807) is 4.52 Å². The van der Waals surface area contributed by atoms with Gasteiger partial charge in [0.05, 0.1) is 8.71 Å². The summed E-state index contributed by atoms with van der Waals surface area (Å²) in [6.07, 6.45) is -16.3. The van der Waals surface area contributed by atoms with Crippen molar-refractivity contribution in [1.82, 2.24) is 0 Å². The Morgan fingerprint density at radius 2 is 1.03 bits per heavy atom. The topological polar surface area (TPSA) is 101 Å². The number of hydrogen-bond acceptors (Lipinski definition) is 4. The van der Waals surface area contributed by atoms with E-state index in [0.29, 0.717) is 0 Å². The minimum Gasteiger partial charge on any atom is -0.294 e. The van der Waals surface area contributed by atoms with Gasteiger partial charge >= 0.3 is 57.9 Å². The number of alkyl halides is 9. The third-order valence-corrected chi connectivity index (χ3v) is 9.93. The summed E-state index contributed by atoms with van der Waals surface area (Å²) in [5, 5.41) is 6.46. The van der Waals surface area contributed by atoms with E-state index in [1.807, 2.05) is 0 Å². The molecule has 0 rings (SSSR count). The molecule has 0 amide bonds. The molecule has 0 aromatic rings. The fourth-order valence-corrected chi connectivity index (χ4v) is 8.09. The van der Waals surface area contributed by atoms with Crippen molar-refractivity contribution in [3.63, 3.8) is 0 Å². The van der Waals surface area contributed by atoms with Crippen LogP contribution in [0.1, 0.15) is 0 Å². The molecule has 0 saturated heterocycles. The van der Waals surface area contributed by atoms with Gasteiger partial charge in [-0.2, -0.15) is 47.9 Å². The maximum atomic E-state index is 14.3. The predicted octanol–water partition coefficient (Wildman–Crippen LogP) is 11.4. The van der Waals surface area contributed by atoms with Crippen molar-refractivity contribution in [1.29, 1.82) is 5.16 Å². The number of nitrogens with one attached hydrogen (secondary N) is 1. The van der Waals surface area contributed by atoms with E-state index in [2.05, 4.69) is 13.6 Å². The van der Waals surface area contributed by atoms with Crippen molar-refractivity contribution in [3.05, 3.63) is 0 Å². The van der Waals surface area contributed by atoms with Gasteiger partial charge in [-0.25, -0.2) is 5.16 Å². The zero-order valence-electron chi connectivity index (χ0n) is 15.4. The van der Waals surface area contributed by atoms with Crippen molar-refractivity contribution < 1.29 is 82.5 Å². The Morgan fingerprint density at radius 3 is 1.46 bits per heavy atom. The van der Waals surface area contributed by atoms with Crippen molar-refractivity contribution in [2.45, 2.75) is 18.5 Å². The lowest BCUT2D eigenvalue weighted by Crippen LogP contribution is -2.15. The minimum absolute atomic E-state index is 1.15. The molecule has 0 aliphatic rings. The van der Waals surface area contributed by atoms with Gasteiger partial charge in [0.25, 0.3) is 0 Å². The molecule has 0 aromatic carbocycles. The summed E-state index contributed by atoms with van der Waals surface area (Å²) < 4.78 is 218. The van der Waals surface area contributed by atoms with Crippen LogP contribution in [0.15, 0.2) is 18.1 Å². The van der Waals surface area contributed by atoms with E-state index in [0.717, 1.165) is 4.52 Å². The molecule has 0 fully saturated rings. The van der Waals surface area contributed by atoms with E-state index in [-0.39, 0.29) is 0 Å². The normalized spacial score (nSPS) is 18.0. The number of rotatable bonds is 10. The molecule has 0 heterocycles. The van der Waals surface area contributed by atoms with Gasteiger partial charge in [-0.15, -0.1) is 34.9 Å². The smallest absolute Gasteiger partial charge is 0.294 e. The fraction of sp³-hybridized carbons (Fsp3) is 1.00. The Balaban J connectivity index is 6.41. The molecule has 29 heteroatoms. The molecule has 0 radical (unpaired) electrons. The van der Waals surface area contributed by atoms with E-state index in [4.69, 9.17) is 5.16 Å². The molecule has 0 aliphatic carbocycles. The average Bonchev–Trinajstić information content (AvgIpc) is 2.52. The van der Waals surface area contributed by atoms with Crippen LogP contribution in [0.25, 0.3) is 0 Å². The van der Waals surface area contributed by atoms with Crippen LogP contribution in [-0.4, -0.2) is 38.3 Å². The monoisotopic (exact) mass is 656 g/mol. The van der Waals surface area contributed by atoms with Crippen LogP contribution in [-0.2, 0) is 13.6 Å². The third kappa shape index (κ3) is 18.6. The molecule has 0 saturated carbocycles. The standard InChI is InChI=1S/C6H7F16N5O3P5/c7-4(8,9)1-28-31(16)24-35(22,30-3-6(13,14)15)27-33(19,20)25-32(17,18)26-34(21,23)29-2-5(10,11)12/h23H,1-3H2/q+1. The average molecular weight is 656 g/mol. The molecule has 0 aromatic heterocycles. The number of hydrogen-bond donors (Lipinski definition) is 1. The number of nitrogens with zero attached hydrogens (tertiary/aromatic N) is 4. The largest absolute Gasteiger partial charge is 0.620 e. The summed E-state index contributed by atoms with van der Waals surface area (Å²) >= 11 is 0. The first-order valence-corrected chi connectivity index (χ1v) is 14.3. The SMILES string of the molecule is N=P(F)(N=P(F)(F)N=P(F)(F)N=P(F)(N=[P+](F)OCC(F)(F)F)OCC(F)(F)F)OCC(F)(F)F. The highest BCUT2D eigenvalue weighted by Crippen LogP contribution is 2.77. The van der Waals surface area contributed by atoms with Crippen LogP contribution in [0, 0.1) is 5.16 Å². The van der Waals surface area contributed by atoms with E-state index in [9.17, 15) is 68.9 Å². The van der Waals surface area contributed by atoms with Gasteiger partial charge in [-0.3, -0.25) is 9.05 Å². The van der Waals surface area contributed by atoms with Crippen LogP contribution in [0.2, 0.25) is 0 Å². The van der Waals surface area contributed by atoms with Crippen molar-refractivity contribution in [2.24, 2.45) is 18.1 Å². The zero-order chi connectivity index (χ0) is 28.1. The fourth-order valence-electron chi connectivity index (χ4n) is 1.08. The maximum absolute atomic E-state index is 14.3. The van der Waals surface area contributed by atoms with Gasteiger partial charge in [0, 0.05) is 0 Å². The van der Waals surface area contributed by atoms with Gasteiger partial charge in [0.2, 0.25) is 0 Å². The highest BCUT2D eigenvalue weighted by atomic mass is 31.3. The van der Waals surface area contributed by atoms with Crippen LogP contribution < -0.4 is 0 Å². The Labute approximate surface area is 184 Å². The molecule has 3 atom stereocenters. The summed E-state index contributed by atoms with van der Waals surface area (Å²) in [6, 6.07) is 0. The summed E-state index contributed by atoms with van der Waals surface area (Å²) in [5.41, 5.74) is 0. The van der Waals surface area contributed by atoms with Crippen molar-refractivity contribution in [3.8, 4) is 0 Å². The Kier molecular flexibility index (Phi) is 12.0. The minimum atomic E-state index is -7.41. The van der Waals surface area contributed by atoms with Gasteiger partial charge in [0.15, 0.2) is 19.8 Å². The molecule has 0 bridgehead atoms. The molecule has 8 nitrogen and oxygen atoms in total. The van der Waals surface area contributed by atoms with E-state index < -0.39 is 77.7 Å². The molecule has 0 aliphatic heterocycles. The van der Waals surface area contributed by atoms with Crippen LogP contribution in [0.3, 0.4) is 0 Å². The second-order valence-corrected chi connectivity index (χ2v) is 13.0. The molecule has 1 N–H and O–H groups in total. The summed E-state index contributed by atoms with van der Waals surface area (Å²) in [5.74, 6) is 0. The molecular formula is C6H7F16N5O3P5+. The summed E-state index contributed by atoms with van der Waals surface area (Å²) in [4.78, 5) is 0. The molecule has 35 heavy (non-hydrogen) atoms. The van der Waals surface area contributed by atoms with Crippen LogP contribution >= 0.6 is 39.4 Å². The Morgan fingerprint density at radius 1 is 0.629 bits per heavy atom. The lowest BCUT2D eigenvalue weighted by atomic mass is 10.7. The Bertz CT molecular complexity index is 976. The quantitative estimate of drug-likeness (QED) is 0.187. The van der Waals surface area contributed by atoms with E-state index in [1.165, 1.54) is 9.03 Å². The van der Waals surface area contributed by atoms with Crippen molar-refractivity contribution in [2.75, 3.05) is 19.8 Å². The predicted molar refractivity (Wildman–Crippen MR) is 90.8 cm³/mol. The Hall–Kier alpha value is -0.220. The van der Waals surface area contributed by atoms with Crippen LogP contribution in [0.5, 0.6) is 0 Å². The second kappa shape index (κ2) is 12.1. The first kappa shape index (κ1) is 34.8. The molecule has 3 unspecified atom stereocenters. The van der Waals surface area contributed by atoms with Crippen molar-refractivity contribution >= 4 is 39.4 Å². The van der Waals surface area contributed by atoms with Gasteiger partial charge < -0.3 is 0 Å². The van der Waals surface area contributed by atoms with Gasteiger partial charge in [-0.05, 0) is 0 Å². The van der Waals surface area contributed by atoms with E-state index >= 15 is 0 Å². The lowest BCUT2D eigenvalue weighted by molar-refractivity contribution is -0.154. The summed E-state index contributed by atoms with van der Waals surface area (Å²) in [6.45, 7) is -8.12. The first-order valence-electron chi connectivity index (χ1n) is 7.18. The number of halogens is 16. The molecular weight excluding hydrogens is 649 g/mol. The highest BCUT2D eigenvalue weighted by Gasteiger charge is 2.42. The second-order valence-electron chi connectivity index (χ2n) is 5.14. The highest BCUT2D eigenvalue weighted by molar-refractivity contribution is 7.74. The lowest BCUT2D eigenvalue weighted by Gasteiger charge is -2.12. The van der Waals surface area contributed by atoms with Crippen LogP contribution in [0.4, 0.5) is 68.9 Å². The van der Waals surface area contributed by atoms with Gasteiger partial charge in [-0.1, -0.05) is 0 Å². The van der Waals surface area contributed by atoms with Gasteiger partial charge in [0.1, 0.15) is 0 Å². The zero-order valence-corrected chi connectivity index (χ0v) is 19.9. The third-order valence-electron chi connectivity index (χ3n) is 1.96.